The van der Waals surface area contributed by atoms with E-state index in [4.69, 9.17) is 11.6 Å². The van der Waals surface area contributed by atoms with E-state index in [0.29, 0.717) is 6.04 Å². The number of hydrogen-bond donors (Lipinski definition) is 1. The van der Waals surface area contributed by atoms with Gasteiger partial charge in [0.25, 0.3) is 0 Å². The first-order chi connectivity index (χ1) is 9.72. The molecule has 0 saturated carbocycles. The summed E-state index contributed by atoms with van der Waals surface area (Å²) >= 11 is 5.89. The predicted molar refractivity (Wildman–Crippen MR) is 82.1 cm³/mol. The molecule has 0 amide bonds. The van der Waals surface area contributed by atoms with Crippen LogP contribution in [-0.4, -0.2) is 53.7 Å². The Morgan fingerprint density at radius 3 is 2.70 bits per heavy atom. The zero-order chi connectivity index (χ0) is 13.9. The first-order valence-electron chi connectivity index (χ1n) is 7.62. The maximum atomic E-state index is 10.4. The minimum Gasteiger partial charge on any atom is -0.387 e. The molecule has 2 heterocycles. The lowest BCUT2D eigenvalue weighted by Gasteiger charge is -2.27. The number of halogens is 1. The van der Waals surface area contributed by atoms with Gasteiger partial charge in [-0.1, -0.05) is 23.7 Å². The highest BCUT2D eigenvalue weighted by atomic mass is 35.5. The van der Waals surface area contributed by atoms with Crippen molar-refractivity contribution in [3.63, 3.8) is 0 Å². The number of aliphatic hydroxyl groups excluding tert-OH is 1. The molecule has 3 rings (SSSR count). The molecule has 2 fully saturated rings. The Labute approximate surface area is 126 Å². The second-order valence-corrected chi connectivity index (χ2v) is 6.45. The minimum atomic E-state index is -0.416. The molecule has 20 heavy (non-hydrogen) atoms. The molecule has 0 radical (unpaired) electrons. The number of hydrogen-bond acceptors (Lipinski definition) is 3. The Hall–Kier alpha value is -0.610. The lowest BCUT2D eigenvalue weighted by molar-refractivity contribution is 0.108. The number of β-amino-alcohol motifs (C(OH)–C–C–N with tert-alkyl or cyclic N) is 1. The number of rotatable bonds is 3. The van der Waals surface area contributed by atoms with Crippen LogP contribution in [0.1, 0.15) is 30.9 Å². The van der Waals surface area contributed by atoms with Crippen LogP contribution < -0.4 is 0 Å². The van der Waals surface area contributed by atoms with Crippen LogP contribution >= 0.6 is 11.6 Å². The summed E-state index contributed by atoms with van der Waals surface area (Å²) in [5.41, 5.74) is 0.960. The van der Waals surface area contributed by atoms with E-state index in [1.165, 1.54) is 32.4 Å². The molecule has 1 aromatic rings. The molecule has 2 aliphatic rings. The molecule has 2 atom stereocenters. The van der Waals surface area contributed by atoms with E-state index in [1.54, 1.807) is 0 Å². The molecule has 110 valence electrons. The van der Waals surface area contributed by atoms with Gasteiger partial charge in [-0.3, -0.25) is 9.80 Å². The summed E-state index contributed by atoms with van der Waals surface area (Å²) in [7, 11) is 0. The zero-order valence-corrected chi connectivity index (χ0v) is 12.6. The van der Waals surface area contributed by atoms with Crippen molar-refractivity contribution in [3.05, 3.63) is 34.9 Å². The molecule has 0 aromatic heterocycles. The molecule has 2 saturated heterocycles. The Morgan fingerprint density at radius 2 is 1.90 bits per heavy atom. The summed E-state index contributed by atoms with van der Waals surface area (Å²) in [6.45, 7) is 5.41. The molecular weight excluding hydrogens is 272 g/mol. The summed E-state index contributed by atoms with van der Waals surface area (Å²) in [6.07, 6.45) is 3.44. The number of nitrogens with zero attached hydrogens (tertiary/aromatic N) is 2. The summed E-state index contributed by atoms with van der Waals surface area (Å²) in [5, 5.41) is 11.1. The van der Waals surface area contributed by atoms with E-state index in [2.05, 4.69) is 9.80 Å². The highest BCUT2D eigenvalue weighted by Gasteiger charge is 2.29. The monoisotopic (exact) mass is 294 g/mol. The molecule has 1 aromatic carbocycles. The van der Waals surface area contributed by atoms with Crippen molar-refractivity contribution in [3.8, 4) is 0 Å². The molecule has 0 spiro atoms. The van der Waals surface area contributed by atoms with E-state index in [9.17, 15) is 5.11 Å². The molecule has 0 unspecified atom stereocenters. The standard InChI is InChI=1S/C16H23ClN2O/c17-14-6-4-13(5-7-14)16(20)12-18-8-2-10-19-9-1-3-15(19)11-18/h4-7,15-16,20H,1-3,8-12H2/t15-,16+/m0/s1. The first kappa shape index (κ1) is 14.3. The lowest BCUT2D eigenvalue weighted by atomic mass is 10.1. The molecule has 0 aliphatic carbocycles. The highest BCUT2D eigenvalue weighted by molar-refractivity contribution is 6.30. The third kappa shape index (κ3) is 3.34. The topological polar surface area (TPSA) is 26.7 Å². The Bertz CT molecular complexity index is 437. The van der Waals surface area contributed by atoms with Crippen LogP contribution in [-0.2, 0) is 0 Å². The Balaban J connectivity index is 1.60. The minimum absolute atomic E-state index is 0.416. The largest absolute Gasteiger partial charge is 0.387 e. The summed E-state index contributed by atoms with van der Waals surface area (Å²) in [4.78, 5) is 5.05. The van der Waals surface area contributed by atoms with Crippen LogP contribution in [0.2, 0.25) is 5.02 Å². The second kappa shape index (κ2) is 6.44. The van der Waals surface area contributed by atoms with Crippen molar-refractivity contribution in [2.24, 2.45) is 0 Å². The van der Waals surface area contributed by atoms with Gasteiger partial charge in [-0.2, -0.15) is 0 Å². The predicted octanol–water partition coefficient (Wildman–Crippen LogP) is 2.54. The zero-order valence-electron chi connectivity index (χ0n) is 11.8. The van der Waals surface area contributed by atoms with Crippen LogP contribution in [0.4, 0.5) is 0 Å². The fourth-order valence-corrected chi connectivity index (χ4v) is 3.61. The number of benzene rings is 1. The van der Waals surface area contributed by atoms with Gasteiger partial charge in [-0.05, 0) is 56.6 Å². The average molecular weight is 295 g/mol. The SMILES string of the molecule is O[C@H](CN1CCCN2CCC[C@H]2C1)c1ccc(Cl)cc1. The van der Waals surface area contributed by atoms with Crippen molar-refractivity contribution in [1.29, 1.82) is 0 Å². The van der Waals surface area contributed by atoms with Crippen molar-refractivity contribution in [2.45, 2.75) is 31.4 Å². The van der Waals surface area contributed by atoms with Gasteiger partial charge in [-0.25, -0.2) is 0 Å². The Morgan fingerprint density at radius 1 is 1.15 bits per heavy atom. The second-order valence-electron chi connectivity index (χ2n) is 6.01. The third-order valence-electron chi connectivity index (χ3n) is 4.57. The summed E-state index contributed by atoms with van der Waals surface area (Å²) in [5.74, 6) is 0. The number of fused-ring (bicyclic) bond motifs is 1. The van der Waals surface area contributed by atoms with E-state index in [0.717, 1.165) is 30.2 Å². The quantitative estimate of drug-likeness (QED) is 0.928. The molecule has 2 aliphatic heterocycles. The van der Waals surface area contributed by atoms with Crippen LogP contribution in [0.3, 0.4) is 0 Å². The van der Waals surface area contributed by atoms with Gasteiger partial charge >= 0.3 is 0 Å². The van der Waals surface area contributed by atoms with Crippen LogP contribution in [0.5, 0.6) is 0 Å². The van der Waals surface area contributed by atoms with E-state index in [1.807, 2.05) is 24.3 Å². The summed E-state index contributed by atoms with van der Waals surface area (Å²) < 4.78 is 0. The van der Waals surface area contributed by atoms with Gasteiger partial charge in [0.15, 0.2) is 0 Å². The summed E-state index contributed by atoms with van der Waals surface area (Å²) in [6, 6.07) is 8.25. The van der Waals surface area contributed by atoms with Crippen molar-refractivity contribution in [1.82, 2.24) is 9.80 Å². The maximum absolute atomic E-state index is 10.4. The van der Waals surface area contributed by atoms with Gasteiger partial charge in [0.1, 0.15) is 0 Å². The normalized spacial score (nSPS) is 26.2. The average Bonchev–Trinajstić information content (AvgIpc) is 2.78. The lowest BCUT2D eigenvalue weighted by Crippen LogP contribution is -2.38. The van der Waals surface area contributed by atoms with Crippen LogP contribution in [0.25, 0.3) is 0 Å². The van der Waals surface area contributed by atoms with Gasteiger partial charge in [0.05, 0.1) is 6.10 Å². The van der Waals surface area contributed by atoms with Gasteiger partial charge in [0.2, 0.25) is 0 Å². The first-order valence-corrected chi connectivity index (χ1v) is 8.00. The van der Waals surface area contributed by atoms with E-state index in [-0.39, 0.29) is 0 Å². The molecule has 3 nitrogen and oxygen atoms in total. The highest BCUT2D eigenvalue weighted by Crippen LogP contribution is 2.23. The van der Waals surface area contributed by atoms with Crippen molar-refractivity contribution in [2.75, 3.05) is 32.7 Å². The fraction of sp³-hybridized carbons (Fsp3) is 0.625. The smallest absolute Gasteiger partial charge is 0.0916 e. The number of aliphatic hydroxyl groups is 1. The van der Waals surface area contributed by atoms with Crippen molar-refractivity contribution >= 4 is 11.6 Å². The molecular formula is C16H23ClN2O. The maximum Gasteiger partial charge on any atom is 0.0916 e. The van der Waals surface area contributed by atoms with Gasteiger partial charge in [0, 0.05) is 24.2 Å². The van der Waals surface area contributed by atoms with Crippen molar-refractivity contribution < 1.29 is 5.11 Å². The molecule has 0 bridgehead atoms. The van der Waals surface area contributed by atoms with Crippen LogP contribution in [0.15, 0.2) is 24.3 Å². The van der Waals surface area contributed by atoms with Gasteiger partial charge < -0.3 is 5.11 Å². The third-order valence-corrected chi connectivity index (χ3v) is 4.83. The van der Waals surface area contributed by atoms with Gasteiger partial charge in [-0.15, -0.1) is 0 Å². The fourth-order valence-electron chi connectivity index (χ4n) is 3.48. The Kier molecular flexibility index (Phi) is 4.61. The van der Waals surface area contributed by atoms with Crippen LogP contribution in [0, 0.1) is 0 Å². The van der Waals surface area contributed by atoms with E-state index >= 15 is 0 Å². The molecule has 4 heteroatoms. The molecule has 1 N–H and O–H groups in total. The van der Waals surface area contributed by atoms with E-state index < -0.39 is 6.10 Å².